The van der Waals surface area contributed by atoms with Gasteiger partial charge in [0, 0.05) is 6.54 Å². The highest BCUT2D eigenvalue weighted by molar-refractivity contribution is 5.85. The molecule has 0 aromatic heterocycles. The molecule has 0 bridgehead atoms. The molecule has 1 saturated carbocycles. The molecule has 106 valence electrons. The zero-order valence-corrected chi connectivity index (χ0v) is 12.5. The molecular weight excluding hydrogens is 242 g/mol. The molecule has 1 nitrogen and oxygen atoms in total. The minimum atomic E-state index is 0.513. The Morgan fingerprint density at radius 2 is 1.85 bits per heavy atom. The summed E-state index contributed by atoms with van der Waals surface area (Å²) < 4.78 is 0. The SMILES string of the molecule is CCCNCC1(Cc2cccc3ccccc23)CCC1. The van der Waals surface area contributed by atoms with Crippen LogP contribution >= 0.6 is 0 Å². The highest BCUT2D eigenvalue weighted by Gasteiger charge is 2.36. The van der Waals surface area contributed by atoms with Crippen molar-refractivity contribution in [1.29, 1.82) is 0 Å². The molecule has 0 unspecified atom stereocenters. The summed E-state index contributed by atoms with van der Waals surface area (Å²) in [6.07, 6.45) is 6.62. The Kier molecular flexibility index (Phi) is 4.07. The van der Waals surface area contributed by atoms with E-state index in [1.54, 1.807) is 0 Å². The van der Waals surface area contributed by atoms with Gasteiger partial charge in [0.2, 0.25) is 0 Å². The molecule has 2 aromatic rings. The van der Waals surface area contributed by atoms with Gasteiger partial charge in [0.05, 0.1) is 0 Å². The summed E-state index contributed by atoms with van der Waals surface area (Å²) in [5.74, 6) is 0. The Labute approximate surface area is 122 Å². The normalized spacial score (nSPS) is 17.1. The summed E-state index contributed by atoms with van der Waals surface area (Å²) in [5.41, 5.74) is 2.04. The number of fused-ring (bicyclic) bond motifs is 1. The lowest BCUT2D eigenvalue weighted by molar-refractivity contribution is 0.131. The molecular formula is C19H25N. The molecule has 20 heavy (non-hydrogen) atoms. The van der Waals surface area contributed by atoms with Crippen molar-refractivity contribution in [3.8, 4) is 0 Å². The standard InChI is InChI=1S/C19H25N/c1-2-13-20-15-19(11-6-12-19)14-17-9-5-8-16-7-3-4-10-18(16)17/h3-5,7-10,20H,2,6,11-15H2,1H3. The Bertz CT molecular complexity index is 563. The average Bonchev–Trinajstić information content (AvgIpc) is 2.45. The van der Waals surface area contributed by atoms with E-state index >= 15 is 0 Å². The molecule has 1 heteroatoms. The van der Waals surface area contributed by atoms with Crippen molar-refractivity contribution in [3.05, 3.63) is 48.0 Å². The zero-order valence-electron chi connectivity index (χ0n) is 12.5. The second-order valence-corrected chi connectivity index (χ2v) is 6.35. The van der Waals surface area contributed by atoms with Crippen molar-refractivity contribution < 1.29 is 0 Å². The maximum absolute atomic E-state index is 3.65. The molecule has 0 heterocycles. The van der Waals surface area contributed by atoms with Crippen LogP contribution in [0.4, 0.5) is 0 Å². The van der Waals surface area contributed by atoms with Crippen LogP contribution in [0.2, 0.25) is 0 Å². The quantitative estimate of drug-likeness (QED) is 0.757. The number of hydrogen-bond donors (Lipinski definition) is 1. The van der Waals surface area contributed by atoms with Crippen molar-refractivity contribution in [2.75, 3.05) is 13.1 Å². The fourth-order valence-corrected chi connectivity index (χ4v) is 3.47. The third kappa shape index (κ3) is 2.73. The van der Waals surface area contributed by atoms with Crippen molar-refractivity contribution in [2.24, 2.45) is 5.41 Å². The highest BCUT2D eigenvalue weighted by atomic mass is 14.9. The molecule has 0 spiro atoms. The molecule has 2 aromatic carbocycles. The Morgan fingerprint density at radius 1 is 1.05 bits per heavy atom. The van der Waals surface area contributed by atoms with Crippen molar-refractivity contribution in [2.45, 2.75) is 39.0 Å². The van der Waals surface area contributed by atoms with Gasteiger partial charge in [0.25, 0.3) is 0 Å². The first-order chi connectivity index (χ1) is 9.83. The van der Waals surface area contributed by atoms with E-state index in [1.165, 1.54) is 55.0 Å². The van der Waals surface area contributed by atoms with Gasteiger partial charge in [0.15, 0.2) is 0 Å². The molecule has 1 fully saturated rings. The first kappa shape index (κ1) is 13.6. The summed E-state index contributed by atoms with van der Waals surface area (Å²) in [7, 11) is 0. The highest BCUT2D eigenvalue weighted by Crippen LogP contribution is 2.44. The first-order valence-corrected chi connectivity index (χ1v) is 8.00. The molecule has 0 amide bonds. The van der Waals surface area contributed by atoms with Crippen LogP contribution in [0.3, 0.4) is 0 Å². The fraction of sp³-hybridized carbons (Fsp3) is 0.474. The molecule has 0 saturated heterocycles. The third-order valence-electron chi connectivity index (χ3n) is 4.79. The fourth-order valence-electron chi connectivity index (χ4n) is 3.47. The van der Waals surface area contributed by atoms with Crippen LogP contribution in [0.5, 0.6) is 0 Å². The van der Waals surface area contributed by atoms with E-state index in [0.717, 1.165) is 6.54 Å². The summed E-state index contributed by atoms with van der Waals surface area (Å²) in [6, 6.07) is 15.5. The second kappa shape index (κ2) is 5.97. The Hall–Kier alpha value is -1.34. The Balaban J connectivity index is 1.81. The van der Waals surface area contributed by atoms with Crippen LogP contribution in [-0.4, -0.2) is 13.1 Å². The maximum atomic E-state index is 3.65. The van der Waals surface area contributed by atoms with E-state index in [-0.39, 0.29) is 0 Å². The lowest BCUT2D eigenvalue weighted by Crippen LogP contribution is -2.41. The predicted molar refractivity (Wildman–Crippen MR) is 87.1 cm³/mol. The van der Waals surface area contributed by atoms with E-state index in [1.807, 2.05) is 0 Å². The second-order valence-electron chi connectivity index (χ2n) is 6.35. The first-order valence-electron chi connectivity index (χ1n) is 8.00. The average molecular weight is 267 g/mol. The molecule has 0 radical (unpaired) electrons. The van der Waals surface area contributed by atoms with E-state index in [9.17, 15) is 0 Å². The van der Waals surface area contributed by atoms with E-state index in [2.05, 4.69) is 54.7 Å². The van der Waals surface area contributed by atoms with Crippen LogP contribution in [0, 0.1) is 5.41 Å². The monoisotopic (exact) mass is 267 g/mol. The number of benzene rings is 2. The van der Waals surface area contributed by atoms with Crippen LogP contribution in [0.1, 0.15) is 38.2 Å². The molecule has 3 rings (SSSR count). The Morgan fingerprint density at radius 3 is 2.60 bits per heavy atom. The number of hydrogen-bond acceptors (Lipinski definition) is 1. The lowest BCUT2D eigenvalue weighted by Gasteiger charge is -2.42. The molecule has 1 aliphatic rings. The molecule has 0 atom stereocenters. The van der Waals surface area contributed by atoms with Gasteiger partial charge in [-0.05, 0) is 54.0 Å². The van der Waals surface area contributed by atoms with Crippen molar-refractivity contribution in [1.82, 2.24) is 5.32 Å². The number of nitrogens with one attached hydrogen (secondary N) is 1. The maximum Gasteiger partial charge on any atom is 0.00110 e. The van der Waals surface area contributed by atoms with Crippen molar-refractivity contribution in [3.63, 3.8) is 0 Å². The molecule has 1 aliphatic carbocycles. The summed E-state index contributed by atoms with van der Waals surface area (Å²) in [5, 5.41) is 6.46. The third-order valence-corrected chi connectivity index (χ3v) is 4.79. The van der Waals surface area contributed by atoms with Gasteiger partial charge in [-0.2, -0.15) is 0 Å². The van der Waals surface area contributed by atoms with Gasteiger partial charge >= 0.3 is 0 Å². The van der Waals surface area contributed by atoms with Gasteiger partial charge in [0.1, 0.15) is 0 Å². The predicted octanol–water partition coefficient (Wildman–Crippen LogP) is 4.55. The smallest absolute Gasteiger partial charge is 0.00110 e. The topological polar surface area (TPSA) is 12.0 Å². The summed E-state index contributed by atoms with van der Waals surface area (Å²) in [6.45, 7) is 4.58. The van der Waals surface area contributed by atoms with E-state index in [0.29, 0.717) is 5.41 Å². The summed E-state index contributed by atoms with van der Waals surface area (Å²) >= 11 is 0. The zero-order chi connectivity index (χ0) is 13.8. The minimum Gasteiger partial charge on any atom is -0.316 e. The van der Waals surface area contributed by atoms with Gasteiger partial charge in [-0.3, -0.25) is 0 Å². The van der Waals surface area contributed by atoms with Crippen LogP contribution in [0.15, 0.2) is 42.5 Å². The van der Waals surface area contributed by atoms with Gasteiger partial charge in [-0.25, -0.2) is 0 Å². The largest absolute Gasteiger partial charge is 0.316 e. The molecule has 0 aliphatic heterocycles. The van der Waals surface area contributed by atoms with Gasteiger partial charge in [-0.15, -0.1) is 0 Å². The molecule has 1 N–H and O–H groups in total. The number of rotatable bonds is 6. The summed E-state index contributed by atoms with van der Waals surface area (Å²) in [4.78, 5) is 0. The van der Waals surface area contributed by atoms with Crippen LogP contribution in [0.25, 0.3) is 10.8 Å². The van der Waals surface area contributed by atoms with Gasteiger partial charge in [-0.1, -0.05) is 55.8 Å². The minimum absolute atomic E-state index is 0.513. The van der Waals surface area contributed by atoms with Crippen LogP contribution in [-0.2, 0) is 6.42 Å². The lowest BCUT2D eigenvalue weighted by atomic mass is 9.65. The van der Waals surface area contributed by atoms with Crippen molar-refractivity contribution >= 4 is 10.8 Å². The van der Waals surface area contributed by atoms with E-state index in [4.69, 9.17) is 0 Å². The van der Waals surface area contributed by atoms with E-state index < -0.39 is 0 Å². The van der Waals surface area contributed by atoms with Gasteiger partial charge < -0.3 is 5.32 Å². The van der Waals surface area contributed by atoms with Crippen LogP contribution < -0.4 is 5.32 Å².